The first-order chi connectivity index (χ1) is 9.78. The van der Waals surface area contributed by atoms with Crippen molar-refractivity contribution in [2.24, 2.45) is 11.7 Å². The predicted octanol–water partition coefficient (Wildman–Crippen LogP) is 3.06. The number of nitrogens with two attached hydrogens (primary N) is 1. The molecule has 22 heavy (non-hydrogen) atoms. The van der Waals surface area contributed by atoms with Crippen LogP contribution >= 0.6 is 36.2 Å². The molecule has 0 aromatic carbocycles. The fourth-order valence-corrected chi connectivity index (χ4v) is 3.20. The van der Waals surface area contributed by atoms with Crippen molar-refractivity contribution < 1.29 is 9.21 Å². The second kappa shape index (κ2) is 8.53. The maximum atomic E-state index is 12.4. The van der Waals surface area contributed by atoms with Crippen molar-refractivity contribution in [2.75, 3.05) is 19.6 Å². The van der Waals surface area contributed by atoms with E-state index in [0.717, 1.165) is 36.5 Å². The molecule has 1 fully saturated rings. The quantitative estimate of drug-likeness (QED) is 0.909. The number of hydrogen-bond acceptors (Lipinski definition) is 5. The van der Waals surface area contributed by atoms with E-state index in [0.29, 0.717) is 18.2 Å². The van der Waals surface area contributed by atoms with Crippen LogP contribution in [-0.4, -0.2) is 35.4 Å². The van der Waals surface area contributed by atoms with Crippen molar-refractivity contribution in [1.29, 1.82) is 0 Å². The summed E-state index contributed by atoms with van der Waals surface area (Å²) in [6.07, 6.45) is 5.22. The number of carbonyl (C=O) groups excluding carboxylic acids is 1. The minimum absolute atomic E-state index is 0. The summed E-state index contributed by atoms with van der Waals surface area (Å²) < 4.78 is 5.04. The smallest absolute Gasteiger partial charge is 0.273 e. The number of amides is 1. The van der Waals surface area contributed by atoms with Crippen molar-refractivity contribution in [3.63, 3.8) is 0 Å². The Balaban J connectivity index is 0.00000121. The molecule has 1 amide bonds. The highest BCUT2D eigenvalue weighted by Gasteiger charge is 2.24. The van der Waals surface area contributed by atoms with Gasteiger partial charge in [-0.1, -0.05) is 0 Å². The fourth-order valence-electron chi connectivity index (χ4n) is 2.42. The highest BCUT2D eigenvalue weighted by Crippen LogP contribution is 2.25. The second-order valence-electron chi connectivity index (χ2n) is 5.02. The molecule has 0 saturated carbocycles. The summed E-state index contributed by atoms with van der Waals surface area (Å²) in [7, 11) is 0. The molecule has 1 saturated heterocycles. The molecule has 8 heteroatoms. The van der Waals surface area contributed by atoms with E-state index in [1.54, 1.807) is 12.5 Å². The molecule has 2 aromatic rings. The lowest BCUT2D eigenvalue weighted by Gasteiger charge is -2.30. The minimum atomic E-state index is 0. The standard InChI is InChI=1S/C14H17N3O2S.2ClH/c15-7-10-1-4-17(5-2-10)14(18)12-9-20-13(16-12)11-3-6-19-8-11;;/h3,6,8-10H,1-2,4-5,7,15H2;2*1H. The van der Waals surface area contributed by atoms with Gasteiger partial charge in [0.05, 0.1) is 6.26 Å². The third-order valence-electron chi connectivity index (χ3n) is 3.73. The first kappa shape index (κ1) is 19.0. The number of hydrogen-bond donors (Lipinski definition) is 1. The largest absolute Gasteiger partial charge is 0.472 e. The maximum Gasteiger partial charge on any atom is 0.273 e. The zero-order valence-electron chi connectivity index (χ0n) is 11.9. The molecule has 0 atom stereocenters. The highest BCUT2D eigenvalue weighted by molar-refractivity contribution is 7.13. The van der Waals surface area contributed by atoms with Crippen LogP contribution in [0.4, 0.5) is 0 Å². The number of furan rings is 1. The summed E-state index contributed by atoms with van der Waals surface area (Å²) in [5.74, 6) is 0.572. The van der Waals surface area contributed by atoms with E-state index < -0.39 is 0 Å². The lowest BCUT2D eigenvalue weighted by atomic mass is 9.97. The number of aromatic nitrogens is 1. The number of thiazole rings is 1. The van der Waals surface area contributed by atoms with E-state index in [1.165, 1.54) is 11.3 Å². The summed E-state index contributed by atoms with van der Waals surface area (Å²) in [5, 5.41) is 2.64. The van der Waals surface area contributed by atoms with Crippen molar-refractivity contribution in [2.45, 2.75) is 12.8 Å². The predicted molar refractivity (Wildman–Crippen MR) is 92.0 cm³/mol. The van der Waals surface area contributed by atoms with Gasteiger partial charge in [0.1, 0.15) is 17.0 Å². The average Bonchev–Trinajstić information content (AvgIpc) is 3.17. The summed E-state index contributed by atoms with van der Waals surface area (Å²) in [4.78, 5) is 18.7. The van der Waals surface area contributed by atoms with Crippen LogP contribution in [0.25, 0.3) is 10.6 Å². The first-order valence-electron chi connectivity index (χ1n) is 6.75. The van der Waals surface area contributed by atoms with Gasteiger partial charge >= 0.3 is 0 Å². The van der Waals surface area contributed by atoms with Gasteiger partial charge in [0, 0.05) is 24.0 Å². The van der Waals surface area contributed by atoms with Crippen molar-refractivity contribution in [1.82, 2.24) is 9.88 Å². The highest BCUT2D eigenvalue weighted by atomic mass is 35.5. The molecular weight excluding hydrogens is 345 g/mol. The Morgan fingerprint density at radius 1 is 1.41 bits per heavy atom. The van der Waals surface area contributed by atoms with Crippen molar-refractivity contribution >= 4 is 42.1 Å². The molecule has 0 bridgehead atoms. The van der Waals surface area contributed by atoms with E-state index >= 15 is 0 Å². The van der Waals surface area contributed by atoms with E-state index in [4.69, 9.17) is 10.2 Å². The van der Waals surface area contributed by atoms with Gasteiger partial charge in [-0.15, -0.1) is 36.2 Å². The van der Waals surface area contributed by atoms with Crippen LogP contribution in [0, 0.1) is 5.92 Å². The number of halogens is 2. The summed E-state index contributed by atoms with van der Waals surface area (Å²) in [6, 6.07) is 1.85. The van der Waals surface area contributed by atoms with Gasteiger partial charge in [0.15, 0.2) is 0 Å². The SMILES string of the molecule is Cl.Cl.NCC1CCN(C(=O)c2csc(-c3ccoc3)n2)CC1. The Bertz CT molecular complexity index is 581. The average molecular weight is 364 g/mol. The van der Waals surface area contributed by atoms with Gasteiger partial charge in [-0.05, 0) is 31.4 Å². The minimum Gasteiger partial charge on any atom is -0.472 e. The normalized spacial score (nSPS) is 15.0. The number of carbonyl (C=O) groups is 1. The Labute approximate surface area is 145 Å². The second-order valence-corrected chi connectivity index (χ2v) is 5.88. The van der Waals surface area contributed by atoms with Crippen LogP contribution in [-0.2, 0) is 0 Å². The fraction of sp³-hybridized carbons (Fsp3) is 0.429. The molecule has 5 nitrogen and oxygen atoms in total. The molecule has 0 unspecified atom stereocenters. The third kappa shape index (κ3) is 4.01. The van der Waals surface area contributed by atoms with E-state index in [2.05, 4.69) is 4.98 Å². The topological polar surface area (TPSA) is 72.4 Å². The summed E-state index contributed by atoms with van der Waals surface area (Å²) >= 11 is 1.47. The van der Waals surface area contributed by atoms with Crippen LogP contribution < -0.4 is 5.73 Å². The molecule has 0 spiro atoms. The lowest BCUT2D eigenvalue weighted by molar-refractivity contribution is 0.0688. The van der Waals surface area contributed by atoms with Crippen LogP contribution in [0.15, 0.2) is 28.4 Å². The lowest BCUT2D eigenvalue weighted by Crippen LogP contribution is -2.40. The molecule has 1 aliphatic heterocycles. The van der Waals surface area contributed by atoms with E-state index in [9.17, 15) is 4.79 Å². The maximum absolute atomic E-state index is 12.4. The Hall–Kier alpha value is -1.08. The number of rotatable bonds is 3. The molecule has 0 aliphatic carbocycles. The third-order valence-corrected chi connectivity index (χ3v) is 4.62. The zero-order chi connectivity index (χ0) is 13.9. The summed E-state index contributed by atoms with van der Waals surface area (Å²) in [6.45, 7) is 2.27. The van der Waals surface area contributed by atoms with E-state index in [1.807, 2.05) is 16.3 Å². The molecule has 122 valence electrons. The zero-order valence-corrected chi connectivity index (χ0v) is 14.4. The van der Waals surface area contributed by atoms with Gasteiger partial charge in [0.2, 0.25) is 0 Å². The summed E-state index contributed by atoms with van der Waals surface area (Å²) in [5.41, 5.74) is 7.11. The van der Waals surface area contributed by atoms with Crippen LogP contribution in [0.3, 0.4) is 0 Å². The Kier molecular flexibility index (Phi) is 7.35. The van der Waals surface area contributed by atoms with Gasteiger partial charge in [0.25, 0.3) is 5.91 Å². The van der Waals surface area contributed by atoms with Crippen molar-refractivity contribution in [3.8, 4) is 10.6 Å². The Morgan fingerprint density at radius 2 is 2.14 bits per heavy atom. The monoisotopic (exact) mass is 363 g/mol. The van der Waals surface area contributed by atoms with Crippen molar-refractivity contribution in [3.05, 3.63) is 29.7 Å². The van der Waals surface area contributed by atoms with E-state index in [-0.39, 0.29) is 30.7 Å². The van der Waals surface area contributed by atoms with Crippen LogP contribution in [0.1, 0.15) is 23.3 Å². The molecule has 2 N–H and O–H groups in total. The molecular formula is C14H19Cl2N3O2S. The number of nitrogens with zero attached hydrogens (tertiary/aromatic N) is 2. The van der Waals surface area contributed by atoms with Gasteiger partial charge in [-0.2, -0.15) is 0 Å². The number of piperidine rings is 1. The molecule has 1 aliphatic rings. The molecule has 3 rings (SSSR count). The van der Waals surface area contributed by atoms with Gasteiger partial charge in [-0.25, -0.2) is 4.98 Å². The molecule has 3 heterocycles. The Morgan fingerprint density at radius 3 is 2.73 bits per heavy atom. The van der Waals surface area contributed by atoms with Gasteiger partial charge in [-0.3, -0.25) is 4.79 Å². The number of likely N-dealkylation sites (tertiary alicyclic amines) is 1. The first-order valence-corrected chi connectivity index (χ1v) is 7.63. The molecule has 0 radical (unpaired) electrons. The van der Waals surface area contributed by atoms with Crippen LogP contribution in [0.2, 0.25) is 0 Å². The van der Waals surface area contributed by atoms with Crippen LogP contribution in [0.5, 0.6) is 0 Å². The molecule has 2 aromatic heterocycles. The van der Waals surface area contributed by atoms with Gasteiger partial charge < -0.3 is 15.1 Å².